The second-order valence-electron chi connectivity index (χ2n) is 6.97. The predicted octanol–water partition coefficient (Wildman–Crippen LogP) is 2.96. The topological polar surface area (TPSA) is 81.8 Å². The van der Waals surface area contributed by atoms with E-state index in [2.05, 4.69) is 21.6 Å². The average Bonchev–Trinajstić information content (AvgIpc) is 3.36. The van der Waals surface area contributed by atoms with Crippen LogP contribution in [-0.2, 0) is 10.0 Å². The molecule has 3 rings (SSSR count). The molecule has 1 aliphatic rings. The molecule has 0 bridgehead atoms. The van der Waals surface area contributed by atoms with E-state index < -0.39 is 10.0 Å². The first-order valence-corrected chi connectivity index (χ1v) is 11.5. The number of hydrogen-bond donors (Lipinski definition) is 2. The minimum absolute atomic E-state index is 0.0960. The Bertz CT molecular complexity index is 874. The first-order chi connectivity index (χ1) is 13.4. The molecule has 28 heavy (non-hydrogen) atoms. The van der Waals surface area contributed by atoms with Gasteiger partial charge in [-0.05, 0) is 62.6 Å². The summed E-state index contributed by atoms with van der Waals surface area (Å²) in [6, 6.07) is 10.1. The fourth-order valence-corrected chi connectivity index (χ4v) is 5.61. The summed E-state index contributed by atoms with van der Waals surface area (Å²) in [5.41, 5.74) is 0.551. The van der Waals surface area contributed by atoms with Crippen LogP contribution in [0.15, 0.2) is 46.7 Å². The molecule has 1 atom stereocenters. The highest BCUT2D eigenvalue weighted by atomic mass is 32.2. The molecule has 0 unspecified atom stereocenters. The van der Waals surface area contributed by atoms with Crippen LogP contribution in [0.3, 0.4) is 0 Å². The zero-order chi connectivity index (χ0) is 20.1. The molecule has 0 spiro atoms. The van der Waals surface area contributed by atoms with Crippen molar-refractivity contribution in [2.75, 3.05) is 39.0 Å². The number of likely N-dealkylation sites (N-methyl/N-ethyl adjacent to an activating group) is 1. The van der Waals surface area contributed by atoms with Gasteiger partial charge < -0.3 is 15.5 Å². The molecule has 2 aromatic rings. The van der Waals surface area contributed by atoms with Crippen LogP contribution in [0.4, 0.5) is 10.5 Å². The van der Waals surface area contributed by atoms with Crippen molar-refractivity contribution in [3.05, 3.63) is 46.7 Å². The van der Waals surface area contributed by atoms with Crippen LogP contribution in [0, 0.1) is 0 Å². The number of urea groups is 1. The molecule has 9 heteroatoms. The van der Waals surface area contributed by atoms with Gasteiger partial charge in [-0.25, -0.2) is 13.2 Å². The van der Waals surface area contributed by atoms with Gasteiger partial charge >= 0.3 is 6.03 Å². The molecular formula is C19H26N4O3S2. The normalized spacial score (nSPS) is 16.2. The predicted molar refractivity (Wildman–Crippen MR) is 112 cm³/mol. The van der Waals surface area contributed by atoms with Crippen LogP contribution in [0.2, 0.25) is 0 Å². The van der Waals surface area contributed by atoms with Gasteiger partial charge in [0.25, 0.3) is 0 Å². The van der Waals surface area contributed by atoms with E-state index >= 15 is 0 Å². The number of nitrogens with zero attached hydrogens (tertiary/aromatic N) is 2. The summed E-state index contributed by atoms with van der Waals surface area (Å²) in [4.78, 5) is 15.7. The number of carbonyl (C=O) groups excluding carboxylic acids is 1. The highest BCUT2D eigenvalue weighted by Crippen LogP contribution is 2.23. The Kier molecular flexibility index (Phi) is 6.71. The Labute approximate surface area is 170 Å². The van der Waals surface area contributed by atoms with Crippen LogP contribution in [0.25, 0.3) is 0 Å². The second-order valence-corrected chi connectivity index (χ2v) is 9.88. The van der Waals surface area contributed by atoms with E-state index in [1.807, 2.05) is 25.5 Å². The molecule has 1 aromatic heterocycles. The Morgan fingerprint density at radius 2 is 1.86 bits per heavy atom. The molecule has 7 nitrogen and oxygen atoms in total. The summed E-state index contributed by atoms with van der Waals surface area (Å²) < 4.78 is 26.6. The minimum atomic E-state index is -3.44. The third kappa shape index (κ3) is 4.91. The molecule has 2 heterocycles. The molecule has 0 radical (unpaired) electrons. The van der Waals surface area contributed by atoms with Crippen LogP contribution >= 0.6 is 11.3 Å². The maximum Gasteiger partial charge on any atom is 0.319 e. The number of benzene rings is 1. The van der Waals surface area contributed by atoms with E-state index in [0.29, 0.717) is 25.3 Å². The Hall–Kier alpha value is -1.94. The van der Waals surface area contributed by atoms with Crippen molar-refractivity contribution >= 4 is 33.1 Å². The monoisotopic (exact) mass is 422 g/mol. The summed E-state index contributed by atoms with van der Waals surface area (Å²) in [5, 5.41) is 7.65. The van der Waals surface area contributed by atoms with E-state index in [-0.39, 0.29) is 17.0 Å². The van der Waals surface area contributed by atoms with Gasteiger partial charge in [-0.1, -0.05) is 6.07 Å². The Morgan fingerprint density at radius 1 is 1.18 bits per heavy atom. The number of sulfonamides is 1. The third-order valence-corrected chi connectivity index (χ3v) is 7.65. The summed E-state index contributed by atoms with van der Waals surface area (Å²) in [5.74, 6) is 0. The molecule has 2 amide bonds. The lowest BCUT2D eigenvalue weighted by molar-refractivity contribution is 0.244. The van der Waals surface area contributed by atoms with Gasteiger partial charge in [0.2, 0.25) is 10.0 Å². The van der Waals surface area contributed by atoms with Crippen molar-refractivity contribution in [3.8, 4) is 0 Å². The summed E-state index contributed by atoms with van der Waals surface area (Å²) in [6.45, 7) is 1.62. The fourth-order valence-electron chi connectivity index (χ4n) is 3.17. The van der Waals surface area contributed by atoms with E-state index in [9.17, 15) is 13.2 Å². The lowest BCUT2D eigenvalue weighted by atomic mass is 10.2. The number of carbonyl (C=O) groups is 1. The standard InChI is InChI=1S/C19H26N4O3S2/c1-22(2)17(18-6-5-13-27-18)14-20-19(24)21-15-7-9-16(10-8-15)28(25,26)23-11-3-4-12-23/h5-10,13,17H,3-4,11-12,14H2,1-2H3,(H2,20,21,24)/t17-/m0/s1. The largest absolute Gasteiger partial charge is 0.336 e. The van der Waals surface area contributed by atoms with Gasteiger partial charge in [-0.3, -0.25) is 0 Å². The van der Waals surface area contributed by atoms with Gasteiger partial charge in [0, 0.05) is 30.2 Å². The van der Waals surface area contributed by atoms with Crippen molar-refractivity contribution < 1.29 is 13.2 Å². The highest BCUT2D eigenvalue weighted by Gasteiger charge is 2.27. The van der Waals surface area contributed by atoms with Crippen molar-refractivity contribution in [3.63, 3.8) is 0 Å². The zero-order valence-electron chi connectivity index (χ0n) is 16.1. The molecule has 2 N–H and O–H groups in total. The van der Waals surface area contributed by atoms with Crippen molar-refractivity contribution in [1.29, 1.82) is 0 Å². The number of thiophene rings is 1. The minimum Gasteiger partial charge on any atom is -0.336 e. The van der Waals surface area contributed by atoms with E-state index in [1.165, 1.54) is 21.3 Å². The Balaban J connectivity index is 1.57. The van der Waals surface area contributed by atoms with Gasteiger partial charge in [0.1, 0.15) is 0 Å². The Morgan fingerprint density at radius 3 is 2.43 bits per heavy atom. The van der Waals surface area contributed by atoms with Gasteiger partial charge in [-0.15, -0.1) is 11.3 Å². The molecule has 1 saturated heterocycles. The summed E-state index contributed by atoms with van der Waals surface area (Å²) in [6.07, 6.45) is 1.80. The number of amides is 2. The van der Waals surface area contributed by atoms with Gasteiger partial charge in [0.15, 0.2) is 0 Å². The SMILES string of the molecule is CN(C)[C@@H](CNC(=O)Nc1ccc(S(=O)(=O)N2CCCC2)cc1)c1cccs1. The van der Waals surface area contributed by atoms with Crippen LogP contribution in [0.1, 0.15) is 23.8 Å². The molecule has 0 saturated carbocycles. The third-order valence-electron chi connectivity index (χ3n) is 4.77. The molecule has 1 aliphatic heterocycles. The highest BCUT2D eigenvalue weighted by molar-refractivity contribution is 7.89. The summed E-state index contributed by atoms with van der Waals surface area (Å²) >= 11 is 1.65. The van der Waals surface area contributed by atoms with E-state index in [1.54, 1.807) is 23.5 Å². The maximum atomic E-state index is 12.5. The van der Waals surface area contributed by atoms with Crippen LogP contribution in [-0.4, -0.2) is 57.4 Å². The second kappa shape index (κ2) is 9.04. The quantitative estimate of drug-likeness (QED) is 0.719. The lowest BCUT2D eigenvalue weighted by Crippen LogP contribution is -2.36. The van der Waals surface area contributed by atoms with Crippen LogP contribution < -0.4 is 10.6 Å². The molecule has 0 aliphatic carbocycles. The van der Waals surface area contributed by atoms with Crippen LogP contribution in [0.5, 0.6) is 0 Å². The molecule has 152 valence electrons. The maximum absolute atomic E-state index is 12.5. The van der Waals surface area contributed by atoms with Crippen molar-refractivity contribution in [1.82, 2.24) is 14.5 Å². The molecular weight excluding hydrogens is 396 g/mol. The molecule has 1 fully saturated rings. The van der Waals surface area contributed by atoms with Gasteiger partial charge in [-0.2, -0.15) is 4.31 Å². The zero-order valence-corrected chi connectivity index (χ0v) is 17.7. The van der Waals surface area contributed by atoms with Crippen molar-refractivity contribution in [2.24, 2.45) is 0 Å². The first kappa shape index (κ1) is 20.8. The number of nitrogens with one attached hydrogen (secondary N) is 2. The van der Waals surface area contributed by atoms with E-state index in [0.717, 1.165) is 12.8 Å². The summed E-state index contributed by atoms with van der Waals surface area (Å²) in [7, 11) is 0.512. The number of hydrogen-bond acceptors (Lipinski definition) is 5. The fraction of sp³-hybridized carbons (Fsp3) is 0.421. The average molecular weight is 423 g/mol. The smallest absolute Gasteiger partial charge is 0.319 e. The number of anilines is 1. The van der Waals surface area contributed by atoms with Gasteiger partial charge in [0.05, 0.1) is 10.9 Å². The first-order valence-electron chi connectivity index (χ1n) is 9.23. The lowest BCUT2D eigenvalue weighted by Gasteiger charge is -2.23. The van der Waals surface area contributed by atoms with E-state index in [4.69, 9.17) is 0 Å². The van der Waals surface area contributed by atoms with Crippen molar-refractivity contribution in [2.45, 2.75) is 23.8 Å². The number of rotatable bonds is 7. The molecule has 1 aromatic carbocycles.